The summed E-state index contributed by atoms with van der Waals surface area (Å²) in [4.78, 5) is 0. The van der Waals surface area contributed by atoms with E-state index < -0.39 is 0 Å². The van der Waals surface area contributed by atoms with Crippen LogP contribution in [-0.4, -0.2) is 26.9 Å². The number of hydrogen-bond donors (Lipinski definition) is 1. The number of hydrogen-bond acceptors (Lipinski definition) is 3. The average Bonchev–Trinajstić information content (AvgIpc) is 2.36. The van der Waals surface area contributed by atoms with Gasteiger partial charge in [0.2, 0.25) is 0 Å². The summed E-state index contributed by atoms with van der Waals surface area (Å²) in [6.07, 6.45) is 1.04. The number of ether oxygens (including phenoxy) is 2. The van der Waals surface area contributed by atoms with Crippen molar-refractivity contribution in [1.29, 1.82) is 0 Å². The molecule has 1 N–H and O–H groups in total. The zero-order valence-corrected chi connectivity index (χ0v) is 14.5. The van der Waals surface area contributed by atoms with Crippen molar-refractivity contribution in [2.24, 2.45) is 5.41 Å². The van der Waals surface area contributed by atoms with E-state index in [0.717, 1.165) is 42.9 Å². The van der Waals surface area contributed by atoms with Crippen molar-refractivity contribution < 1.29 is 9.47 Å². The van der Waals surface area contributed by atoms with Gasteiger partial charge < -0.3 is 14.8 Å². The van der Waals surface area contributed by atoms with Crippen LogP contribution in [0.4, 0.5) is 0 Å². The SMILES string of the molecule is COCCNCc1ccc(OCCC(C)(C)C)c(Br)c1. The minimum absolute atomic E-state index is 0.303. The Kier molecular flexibility index (Phi) is 7.56. The Bertz CT molecular complexity index is 402. The monoisotopic (exact) mass is 343 g/mol. The normalized spacial score (nSPS) is 11.7. The van der Waals surface area contributed by atoms with Crippen molar-refractivity contribution in [3.63, 3.8) is 0 Å². The van der Waals surface area contributed by atoms with Gasteiger partial charge in [-0.1, -0.05) is 26.8 Å². The van der Waals surface area contributed by atoms with E-state index in [9.17, 15) is 0 Å². The van der Waals surface area contributed by atoms with Gasteiger partial charge in [0.15, 0.2) is 0 Å². The highest BCUT2D eigenvalue weighted by molar-refractivity contribution is 9.10. The van der Waals surface area contributed by atoms with Gasteiger partial charge in [0.25, 0.3) is 0 Å². The van der Waals surface area contributed by atoms with Crippen LogP contribution in [0.3, 0.4) is 0 Å². The van der Waals surface area contributed by atoms with Gasteiger partial charge in [-0.25, -0.2) is 0 Å². The molecule has 0 fully saturated rings. The first-order valence-electron chi connectivity index (χ1n) is 7.03. The molecule has 1 rings (SSSR count). The van der Waals surface area contributed by atoms with Gasteiger partial charge in [-0.3, -0.25) is 0 Å². The lowest BCUT2D eigenvalue weighted by Gasteiger charge is -2.18. The molecule has 0 aromatic heterocycles. The van der Waals surface area contributed by atoms with Crippen LogP contribution in [0, 0.1) is 5.41 Å². The number of methoxy groups -OCH3 is 1. The maximum atomic E-state index is 5.82. The van der Waals surface area contributed by atoms with Gasteiger partial charge in [-0.2, -0.15) is 0 Å². The van der Waals surface area contributed by atoms with E-state index in [0.29, 0.717) is 5.41 Å². The van der Waals surface area contributed by atoms with E-state index in [2.05, 4.69) is 54.2 Å². The Balaban J connectivity index is 2.43. The molecule has 3 nitrogen and oxygen atoms in total. The minimum atomic E-state index is 0.303. The summed E-state index contributed by atoms with van der Waals surface area (Å²) in [6.45, 7) is 9.84. The fourth-order valence-electron chi connectivity index (χ4n) is 1.65. The van der Waals surface area contributed by atoms with Crippen LogP contribution in [0.5, 0.6) is 5.75 Å². The fourth-order valence-corrected chi connectivity index (χ4v) is 2.19. The van der Waals surface area contributed by atoms with Gasteiger partial charge in [0.05, 0.1) is 17.7 Å². The Morgan fingerprint density at radius 2 is 1.95 bits per heavy atom. The van der Waals surface area contributed by atoms with Crippen LogP contribution in [0.15, 0.2) is 22.7 Å². The average molecular weight is 344 g/mol. The van der Waals surface area contributed by atoms with Gasteiger partial charge in [0, 0.05) is 20.2 Å². The molecule has 0 saturated carbocycles. The summed E-state index contributed by atoms with van der Waals surface area (Å²) in [5.41, 5.74) is 1.54. The smallest absolute Gasteiger partial charge is 0.133 e. The van der Waals surface area contributed by atoms with Crippen molar-refractivity contribution in [3.8, 4) is 5.75 Å². The summed E-state index contributed by atoms with van der Waals surface area (Å²) in [7, 11) is 1.71. The molecule has 0 aliphatic carbocycles. The Hall–Kier alpha value is -0.580. The molecule has 0 radical (unpaired) electrons. The molecule has 0 aliphatic heterocycles. The first kappa shape index (κ1) is 17.5. The largest absolute Gasteiger partial charge is 0.492 e. The van der Waals surface area contributed by atoms with Crippen molar-refractivity contribution in [2.45, 2.75) is 33.7 Å². The molecule has 1 aromatic rings. The quantitative estimate of drug-likeness (QED) is 0.723. The Morgan fingerprint density at radius 3 is 2.55 bits per heavy atom. The fraction of sp³-hybridized carbons (Fsp3) is 0.625. The van der Waals surface area contributed by atoms with Crippen molar-refractivity contribution in [1.82, 2.24) is 5.32 Å². The highest BCUT2D eigenvalue weighted by atomic mass is 79.9. The van der Waals surface area contributed by atoms with Crippen molar-refractivity contribution in [3.05, 3.63) is 28.2 Å². The van der Waals surface area contributed by atoms with Gasteiger partial charge in [-0.15, -0.1) is 0 Å². The maximum Gasteiger partial charge on any atom is 0.133 e. The second kappa shape index (κ2) is 8.65. The van der Waals surface area contributed by atoms with Crippen LogP contribution >= 0.6 is 15.9 Å². The molecule has 20 heavy (non-hydrogen) atoms. The third-order valence-corrected chi connectivity index (χ3v) is 3.54. The molecule has 1 aromatic carbocycles. The molecule has 0 saturated heterocycles. The van der Waals surface area contributed by atoms with E-state index in [-0.39, 0.29) is 0 Å². The molecule has 0 aliphatic rings. The van der Waals surface area contributed by atoms with Crippen LogP contribution in [0.1, 0.15) is 32.8 Å². The number of rotatable bonds is 8. The molecule has 0 amide bonds. The van der Waals surface area contributed by atoms with E-state index in [1.54, 1.807) is 7.11 Å². The summed E-state index contributed by atoms with van der Waals surface area (Å²) < 4.78 is 11.8. The molecule has 0 atom stereocenters. The van der Waals surface area contributed by atoms with E-state index in [1.807, 2.05) is 6.07 Å². The summed E-state index contributed by atoms with van der Waals surface area (Å²) in [6, 6.07) is 6.23. The third kappa shape index (κ3) is 7.27. The molecule has 0 spiro atoms. The van der Waals surface area contributed by atoms with Crippen LogP contribution in [0.25, 0.3) is 0 Å². The molecule has 114 valence electrons. The highest BCUT2D eigenvalue weighted by Crippen LogP contribution is 2.27. The summed E-state index contributed by atoms with van der Waals surface area (Å²) >= 11 is 3.57. The second-order valence-electron chi connectivity index (χ2n) is 6.09. The molecular weight excluding hydrogens is 318 g/mol. The van der Waals surface area contributed by atoms with Gasteiger partial charge >= 0.3 is 0 Å². The highest BCUT2D eigenvalue weighted by Gasteiger charge is 2.10. The second-order valence-corrected chi connectivity index (χ2v) is 6.95. The van der Waals surface area contributed by atoms with E-state index in [1.165, 1.54) is 5.56 Å². The Labute approximate surface area is 131 Å². The standard InChI is InChI=1S/C16H26BrNO2/c1-16(2,3)7-9-20-15-6-5-13(11-14(15)17)12-18-8-10-19-4/h5-6,11,18H,7-10,12H2,1-4H3. The first-order valence-corrected chi connectivity index (χ1v) is 7.82. The van der Waals surface area contributed by atoms with Crippen LogP contribution in [-0.2, 0) is 11.3 Å². The molecular formula is C16H26BrNO2. The van der Waals surface area contributed by atoms with Crippen molar-refractivity contribution in [2.75, 3.05) is 26.9 Å². The zero-order valence-electron chi connectivity index (χ0n) is 13.0. The van der Waals surface area contributed by atoms with Crippen LogP contribution < -0.4 is 10.1 Å². The van der Waals surface area contributed by atoms with Crippen molar-refractivity contribution >= 4 is 15.9 Å². The molecule has 0 bridgehead atoms. The number of nitrogens with one attached hydrogen (secondary N) is 1. The lowest BCUT2D eigenvalue weighted by molar-refractivity contribution is 0.199. The topological polar surface area (TPSA) is 30.5 Å². The van der Waals surface area contributed by atoms with Gasteiger partial charge in [0.1, 0.15) is 5.75 Å². The minimum Gasteiger partial charge on any atom is -0.492 e. The summed E-state index contributed by atoms with van der Waals surface area (Å²) in [5, 5.41) is 3.33. The zero-order chi connectivity index (χ0) is 15.0. The summed E-state index contributed by atoms with van der Waals surface area (Å²) in [5.74, 6) is 0.912. The van der Waals surface area contributed by atoms with Crippen LogP contribution in [0.2, 0.25) is 0 Å². The molecule has 0 heterocycles. The molecule has 4 heteroatoms. The van der Waals surface area contributed by atoms with Gasteiger partial charge in [-0.05, 0) is 45.5 Å². The number of benzene rings is 1. The lowest BCUT2D eigenvalue weighted by Crippen LogP contribution is -2.18. The Morgan fingerprint density at radius 1 is 1.20 bits per heavy atom. The number of halogens is 1. The van der Waals surface area contributed by atoms with E-state index >= 15 is 0 Å². The lowest BCUT2D eigenvalue weighted by atomic mass is 9.93. The van der Waals surface area contributed by atoms with E-state index in [4.69, 9.17) is 9.47 Å². The first-order chi connectivity index (χ1) is 9.42. The predicted molar refractivity (Wildman–Crippen MR) is 87.3 cm³/mol. The predicted octanol–water partition coefficient (Wildman–Crippen LogP) is 4.00. The third-order valence-electron chi connectivity index (χ3n) is 2.92. The molecule has 0 unspecified atom stereocenters. The maximum absolute atomic E-state index is 5.82.